The highest BCUT2D eigenvalue weighted by Crippen LogP contribution is 2.22. The van der Waals surface area contributed by atoms with Gasteiger partial charge in [0.15, 0.2) is 11.6 Å². The molecule has 0 N–H and O–H groups in total. The minimum absolute atomic E-state index is 0.0657. The van der Waals surface area contributed by atoms with Gasteiger partial charge in [-0.05, 0) is 6.07 Å². The lowest BCUT2D eigenvalue weighted by Crippen LogP contribution is -1.94. The highest BCUT2D eigenvalue weighted by molar-refractivity contribution is 6.19. The molecule has 0 amide bonds. The van der Waals surface area contributed by atoms with Crippen molar-refractivity contribution >= 4 is 11.6 Å². The van der Waals surface area contributed by atoms with Gasteiger partial charge in [0.05, 0.1) is 18.6 Å². The van der Waals surface area contributed by atoms with Crippen molar-refractivity contribution in [1.29, 1.82) is 0 Å². The Kier molecular flexibility index (Phi) is 3.73. The predicted molar refractivity (Wildman–Crippen MR) is 50.5 cm³/mol. The molecule has 0 aliphatic heterocycles. The molecule has 1 nitrogen and oxygen atoms in total. The van der Waals surface area contributed by atoms with Crippen molar-refractivity contribution < 1.29 is 13.5 Å². The maximum atomic E-state index is 13.1. The maximum absolute atomic E-state index is 13.1. The number of halogens is 3. The van der Waals surface area contributed by atoms with E-state index in [4.69, 9.17) is 16.3 Å². The molecule has 0 radical (unpaired) electrons. The molecule has 14 heavy (non-hydrogen) atoms. The van der Waals surface area contributed by atoms with E-state index >= 15 is 0 Å². The molecule has 0 aliphatic rings. The van der Waals surface area contributed by atoms with Crippen molar-refractivity contribution in [3.63, 3.8) is 0 Å². The lowest BCUT2D eigenvalue weighted by molar-refractivity contribution is 0.383. The maximum Gasteiger partial charge on any atom is 0.170 e. The average Bonchev–Trinajstić information content (AvgIpc) is 2.14. The Balaban J connectivity index is 3.25. The van der Waals surface area contributed by atoms with E-state index in [9.17, 15) is 8.78 Å². The molecule has 1 aromatic rings. The van der Waals surface area contributed by atoms with Crippen LogP contribution in [0.5, 0.6) is 5.75 Å². The molecular formula is C10H7ClF2O. The molecule has 1 rings (SSSR count). The zero-order chi connectivity index (χ0) is 10.6. The second-order valence-corrected chi connectivity index (χ2v) is 2.67. The summed E-state index contributed by atoms with van der Waals surface area (Å²) >= 11 is 5.32. The van der Waals surface area contributed by atoms with Crippen LogP contribution in [0.1, 0.15) is 5.56 Å². The molecule has 0 aliphatic carbocycles. The molecule has 4 heteroatoms. The summed E-state index contributed by atoms with van der Waals surface area (Å²) in [6.45, 7) is 0. The number of ether oxygens (including phenoxy) is 1. The van der Waals surface area contributed by atoms with E-state index in [1.807, 2.05) is 0 Å². The highest BCUT2D eigenvalue weighted by Gasteiger charge is 2.09. The predicted octanol–water partition coefficient (Wildman–Crippen LogP) is 2.56. The van der Waals surface area contributed by atoms with Crippen LogP contribution in [0.15, 0.2) is 12.1 Å². The summed E-state index contributed by atoms with van der Waals surface area (Å²) in [7, 11) is 1.29. The second-order valence-electron chi connectivity index (χ2n) is 2.40. The average molecular weight is 217 g/mol. The van der Waals surface area contributed by atoms with Gasteiger partial charge in [0.1, 0.15) is 5.82 Å². The van der Waals surface area contributed by atoms with Crippen LogP contribution in [0, 0.1) is 23.5 Å². The Morgan fingerprint density at radius 2 is 2.14 bits per heavy atom. The fourth-order valence-electron chi connectivity index (χ4n) is 0.989. The fourth-order valence-corrected chi connectivity index (χ4v) is 1.06. The minimum Gasteiger partial charge on any atom is -0.492 e. The Morgan fingerprint density at radius 1 is 1.43 bits per heavy atom. The number of hydrogen-bond donors (Lipinski definition) is 0. The van der Waals surface area contributed by atoms with E-state index in [1.54, 1.807) is 0 Å². The summed E-state index contributed by atoms with van der Waals surface area (Å²) in [6, 6.07) is 1.84. The summed E-state index contributed by atoms with van der Waals surface area (Å²) in [5.41, 5.74) is 0.158. The zero-order valence-electron chi connectivity index (χ0n) is 7.40. The SMILES string of the molecule is COc1c(F)cc(F)cc1C#CCCl. The molecule has 0 unspecified atom stereocenters. The second kappa shape index (κ2) is 4.83. The van der Waals surface area contributed by atoms with Crippen molar-refractivity contribution in [3.05, 3.63) is 29.3 Å². The van der Waals surface area contributed by atoms with Crippen LogP contribution in [0.25, 0.3) is 0 Å². The third-order valence-electron chi connectivity index (χ3n) is 1.50. The van der Waals surface area contributed by atoms with Gasteiger partial charge in [-0.2, -0.15) is 0 Å². The largest absolute Gasteiger partial charge is 0.492 e. The number of hydrogen-bond acceptors (Lipinski definition) is 1. The zero-order valence-corrected chi connectivity index (χ0v) is 8.16. The van der Waals surface area contributed by atoms with Gasteiger partial charge < -0.3 is 4.74 Å². The van der Waals surface area contributed by atoms with Crippen LogP contribution in [-0.2, 0) is 0 Å². The van der Waals surface area contributed by atoms with Crippen molar-refractivity contribution in [2.45, 2.75) is 0 Å². The van der Waals surface area contributed by atoms with Gasteiger partial charge in [0.2, 0.25) is 0 Å². The molecule has 0 bridgehead atoms. The van der Waals surface area contributed by atoms with Crippen molar-refractivity contribution in [1.82, 2.24) is 0 Å². The monoisotopic (exact) mass is 216 g/mol. The Labute approximate surface area is 85.6 Å². The summed E-state index contributed by atoms with van der Waals surface area (Å²) in [5, 5.41) is 0. The van der Waals surface area contributed by atoms with E-state index in [0.29, 0.717) is 0 Å². The molecule has 0 saturated heterocycles. The third kappa shape index (κ3) is 2.36. The molecule has 0 heterocycles. The standard InChI is InChI=1S/C10H7ClF2O/c1-14-10-7(3-2-4-11)5-8(12)6-9(10)13/h5-6H,4H2,1H3. The van der Waals surface area contributed by atoms with Crippen molar-refractivity contribution in [3.8, 4) is 17.6 Å². The van der Waals surface area contributed by atoms with Crippen LogP contribution in [0.4, 0.5) is 8.78 Å². The van der Waals surface area contributed by atoms with Crippen LogP contribution in [0.3, 0.4) is 0 Å². The molecule has 0 atom stereocenters. The summed E-state index contributed by atoms with van der Waals surface area (Å²) in [4.78, 5) is 0. The van der Waals surface area contributed by atoms with E-state index in [1.165, 1.54) is 7.11 Å². The molecule has 0 aromatic heterocycles. The number of alkyl halides is 1. The van der Waals surface area contributed by atoms with E-state index < -0.39 is 11.6 Å². The van der Waals surface area contributed by atoms with E-state index in [-0.39, 0.29) is 17.2 Å². The normalized spacial score (nSPS) is 9.14. The number of methoxy groups -OCH3 is 1. The fraction of sp³-hybridized carbons (Fsp3) is 0.200. The third-order valence-corrected chi connectivity index (χ3v) is 1.64. The van der Waals surface area contributed by atoms with Gasteiger partial charge in [-0.25, -0.2) is 8.78 Å². The quantitative estimate of drug-likeness (QED) is 0.518. The van der Waals surface area contributed by atoms with Gasteiger partial charge in [0.25, 0.3) is 0 Å². The van der Waals surface area contributed by atoms with E-state index in [0.717, 1.165) is 12.1 Å². The molecule has 0 fully saturated rings. The molecule has 0 spiro atoms. The first-order valence-electron chi connectivity index (χ1n) is 3.77. The Hall–Kier alpha value is -1.27. The first-order chi connectivity index (χ1) is 6.69. The smallest absolute Gasteiger partial charge is 0.170 e. The summed E-state index contributed by atoms with van der Waals surface area (Å²) in [6.07, 6.45) is 0. The molecular weight excluding hydrogens is 210 g/mol. The van der Waals surface area contributed by atoms with Crippen molar-refractivity contribution in [2.24, 2.45) is 0 Å². The van der Waals surface area contributed by atoms with E-state index in [2.05, 4.69) is 11.8 Å². The lowest BCUT2D eigenvalue weighted by Gasteiger charge is -2.04. The first-order valence-corrected chi connectivity index (χ1v) is 4.30. The summed E-state index contributed by atoms with van der Waals surface area (Å²) in [5.74, 6) is 3.57. The first kappa shape index (κ1) is 10.8. The van der Waals surface area contributed by atoms with Crippen molar-refractivity contribution in [2.75, 3.05) is 13.0 Å². The van der Waals surface area contributed by atoms with Crippen LogP contribution in [0.2, 0.25) is 0 Å². The molecule has 1 aromatic carbocycles. The Morgan fingerprint density at radius 3 is 2.71 bits per heavy atom. The number of rotatable bonds is 1. The van der Waals surface area contributed by atoms with Gasteiger partial charge in [0, 0.05) is 6.07 Å². The number of benzene rings is 1. The summed E-state index contributed by atoms with van der Waals surface area (Å²) < 4.78 is 30.6. The lowest BCUT2D eigenvalue weighted by atomic mass is 10.2. The topological polar surface area (TPSA) is 9.23 Å². The van der Waals surface area contributed by atoms with Gasteiger partial charge in [-0.3, -0.25) is 0 Å². The molecule has 74 valence electrons. The van der Waals surface area contributed by atoms with Crippen LogP contribution >= 0.6 is 11.6 Å². The van der Waals surface area contributed by atoms with Gasteiger partial charge >= 0.3 is 0 Å². The van der Waals surface area contributed by atoms with Crippen LogP contribution < -0.4 is 4.74 Å². The van der Waals surface area contributed by atoms with Gasteiger partial charge in [-0.1, -0.05) is 11.8 Å². The van der Waals surface area contributed by atoms with Crippen LogP contribution in [-0.4, -0.2) is 13.0 Å². The Bertz CT molecular complexity index is 393. The highest BCUT2D eigenvalue weighted by atomic mass is 35.5. The molecule has 0 saturated carbocycles. The minimum atomic E-state index is -0.772. The van der Waals surface area contributed by atoms with Gasteiger partial charge in [-0.15, -0.1) is 11.6 Å².